The number of pyridine rings is 1. The minimum absolute atomic E-state index is 0.124. The first-order valence-electron chi connectivity index (χ1n) is 8.20. The summed E-state index contributed by atoms with van der Waals surface area (Å²) in [5.74, 6) is 0.586. The highest BCUT2D eigenvalue weighted by Crippen LogP contribution is 2.14. The average Bonchev–Trinajstić information content (AvgIpc) is 3.04. The van der Waals surface area contributed by atoms with E-state index in [9.17, 15) is 9.59 Å². The van der Waals surface area contributed by atoms with Gasteiger partial charge in [0, 0.05) is 31.2 Å². The molecule has 6 heteroatoms. The van der Waals surface area contributed by atoms with Crippen LogP contribution in [0.3, 0.4) is 0 Å². The minimum atomic E-state index is -0.385. The number of amides is 1. The van der Waals surface area contributed by atoms with Crippen molar-refractivity contribution in [3.8, 4) is 11.3 Å². The van der Waals surface area contributed by atoms with Crippen molar-refractivity contribution < 1.29 is 4.79 Å². The maximum atomic E-state index is 12.2. The van der Waals surface area contributed by atoms with Gasteiger partial charge in [0.2, 0.25) is 0 Å². The van der Waals surface area contributed by atoms with Crippen molar-refractivity contribution in [1.29, 1.82) is 0 Å². The first kappa shape index (κ1) is 16.7. The smallest absolute Gasteiger partial charge is 0.261 e. The molecule has 0 spiro atoms. The molecule has 3 aromatic rings. The molecule has 0 saturated carbocycles. The Bertz CT molecular complexity index is 912. The molecule has 0 atom stereocenters. The van der Waals surface area contributed by atoms with Gasteiger partial charge in [0.25, 0.3) is 11.5 Å². The molecule has 2 N–H and O–H groups in total. The first-order chi connectivity index (χ1) is 12.1. The first-order valence-corrected chi connectivity index (χ1v) is 8.20. The van der Waals surface area contributed by atoms with Crippen molar-refractivity contribution in [3.05, 3.63) is 76.6 Å². The number of aryl methyl sites for hydroxylation is 2. The van der Waals surface area contributed by atoms with Crippen LogP contribution in [0.15, 0.2) is 59.7 Å². The van der Waals surface area contributed by atoms with Crippen molar-refractivity contribution in [3.63, 3.8) is 0 Å². The van der Waals surface area contributed by atoms with Gasteiger partial charge in [-0.2, -0.15) is 0 Å². The van der Waals surface area contributed by atoms with Gasteiger partial charge < -0.3 is 14.9 Å². The fraction of sp³-hybridized carbons (Fsp3) is 0.211. The van der Waals surface area contributed by atoms with E-state index in [2.05, 4.69) is 15.3 Å². The van der Waals surface area contributed by atoms with E-state index in [4.69, 9.17) is 0 Å². The molecule has 25 heavy (non-hydrogen) atoms. The highest BCUT2D eigenvalue weighted by molar-refractivity contribution is 5.94. The van der Waals surface area contributed by atoms with Gasteiger partial charge in [-0.05, 0) is 31.0 Å². The monoisotopic (exact) mass is 336 g/mol. The van der Waals surface area contributed by atoms with Crippen LogP contribution in [0.5, 0.6) is 0 Å². The normalized spacial score (nSPS) is 10.6. The number of nitrogens with one attached hydrogen (secondary N) is 2. The molecule has 0 aliphatic carbocycles. The summed E-state index contributed by atoms with van der Waals surface area (Å²) >= 11 is 0. The maximum Gasteiger partial charge on any atom is 0.261 e. The van der Waals surface area contributed by atoms with Gasteiger partial charge in [0.1, 0.15) is 11.4 Å². The predicted molar refractivity (Wildman–Crippen MR) is 96.4 cm³/mol. The van der Waals surface area contributed by atoms with Crippen LogP contribution in [-0.4, -0.2) is 27.0 Å². The summed E-state index contributed by atoms with van der Waals surface area (Å²) in [6.45, 7) is 3.21. The van der Waals surface area contributed by atoms with Crippen LogP contribution < -0.4 is 10.9 Å². The van der Waals surface area contributed by atoms with E-state index in [0.29, 0.717) is 12.2 Å². The summed E-state index contributed by atoms with van der Waals surface area (Å²) in [5.41, 5.74) is 1.34. The number of imidazole rings is 1. The van der Waals surface area contributed by atoms with Crippen molar-refractivity contribution in [1.82, 2.24) is 19.9 Å². The highest BCUT2D eigenvalue weighted by atomic mass is 16.2. The minimum Gasteiger partial charge on any atom is -0.352 e. The Morgan fingerprint density at radius 1 is 1.20 bits per heavy atom. The molecule has 6 nitrogen and oxygen atoms in total. The second-order valence-electron chi connectivity index (χ2n) is 5.76. The van der Waals surface area contributed by atoms with E-state index < -0.39 is 0 Å². The van der Waals surface area contributed by atoms with Gasteiger partial charge in [-0.25, -0.2) is 4.98 Å². The van der Waals surface area contributed by atoms with Crippen molar-refractivity contribution in [2.24, 2.45) is 0 Å². The van der Waals surface area contributed by atoms with E-state index in [1.165, 1.54) is 0 Å². The summed E-state index contributed by atoms with van der Waals surface area (Å²) in [5, 5.41) is 2.79. The topological polar surface area (TPSA) is 79.8 Å². The van der Waals surface area contributed by atoms with E-state index in [-0.39, 0.29) is 17.0 Å². The van der Waals surface area contributed by atoms with Gasteiger partial charge in [0.15, 0.2) is 0 Å². The van der Waals surface area contributed by atoms with E-state index in [0.717, 1.165) is 24.4 Å². The average molecular weight is 336 g/mol. The van der Waals surface area contributed by atoms with E-state index in [1.807, 2.05) is 48.0 Å². The molecule has 2 heterocycles. The summed E-state index contributed by atoms with van der Waals surface area (Å²) < 4.78 is 2.02. The Morgan fingerprint density at radius 3 is 2.68 bits per heavy atom. The Morgan fingerprint density at radius 2 is 2.00 bits per heavy atom. The Hall–Kier alpha value is -3.15. The number of hydrogen-bond donors (Lipinski definition) is 2. The number of carbonyl (C=O) groups excluding carboxylic acids is 1. The third kappa shape index (κ3) is 4.03. The van der Waals surface area contributed by atoms with Gasteiger partial charge in [-0.15, -0.1) is 0 Å². The molecule has 0 fully saturated rings. The number of benzene rings is 1. The number of H-pyrrole nitrogens is 1. The molecular formula is C19H20N4O2. The lowest BCUT2D eigenvalue weighted by Crippen LogP contribution is -2.30. The van der Waals surface area contributed by atoms with Crippen molar-refractivity contribution in [2.45, 2.75) is 19.9 Å². The summed E-state index contributed by atoms with van der Waals surface area (Å²) in [6, 6.07) is 12.8. The molecule has 0 bridgehead atoms. The lowest BCUT2D eigenvalue weighted by molar-refractivity contribution is 0.0951. The SMILES string of the molecule is Cc1nccn1CCCNC(=O)c1ccc(-c2ccccc2)[nH]c1=O. The van der Waals surface area contributed by atoms with Gasteiger partial charge in [0.05, 0.1) is 0 Å². The van der Waals surface area contributed by atoms with E-state index in [1.54, 1.807) is 18.3 Å². The molecule has 1 aromatic carbocycles. The van der Waals surface area contributed by atoms with Crippen molar-refractivity contribution in [2.75, 3.05) is 6.54 Å². The van der Waals surface area contributed by atoms with Gasteiger partial charge >= 0.3 is 0 Å². The Kier molecular flexibility index (Phi) is 5.09. The van der Waals surface area contributed by atoms with Gasteiger partial charge in [-0.3, -0.25) is 9.59 Å². The second-order valence-corrected chi connectivity index (χ2v) is 5.76. The zero-order chi connectivity index (χ0) is 17.6. The number of hydrogen-bond acceptors (Lipinski definition) is 3. The van der Waals surface area contributed by atoms with Gasteiger partial charge in [-0.1, -0.05) is 30.3 Å². The fourth-order valence-electron chi connectivity index (χ4n) is 2.63. The molecular weight excluding hydrogens is 316 g/mol. The lowest BCUT2D eigenvalue weighted by Gasteiger charge is -2.07. The maximum absolute atomic E-state index is 12.2. The molecule has 3 rings (SSSR count). The van der Waals surface area contributed by atoms with Crippen LogP contribution in [0.2, 0.25) is 0 Å². The number of carbonyl (C=O) groups is 1. The van der Waals surface area contributed by atoms with Crippen molar-refractivity contribution >= 4 is 5.91 Å². The molecule has 0 unspecified atom stereocenters. The Labute approximate surface area is 145 Å². The quantitative estimate of drug-likeness (QED) is 0.678. The summed E-state index contributed by atoms with van der Waals surface area (Å²) in [4.78, 5) is 31.3. The number of rotatable bonds is 6. The van der Waals surface area contributed by atoms with Crippen LogP contribution in [0.25, 0.3) is 11.3 Å². The van der Waals surface area contributed by atoms with Crippen LogP contribution >= 0.6 is 0 Å². The fourth-order valence-corrected chi connectivity index (χ4v) is 2.63. The number of nitrogens with zero attached hydrogens (tertiary/aromatic N) is 2. The van der Waals surface area contributed by atoms with Crippen LogP contribution in [0, 0.1) is 6.92 Å². The molecule has 0 aliphatic heterocycles. The summed E-state index contributed by atoms with van der Waals surface area (Å²) in [6.07, 6.45) is 4.43. The Balaban J connectivity index is 1.59. The van der Waals surface area contributed by atoms with Crippen LogP contribution in [-0.2, 0) is 6.54 Å². The standard InChI is InChI=1S/C19H20N4O2/c1-14-20-11-13-23(14)12-5-10-21-18(24)16-8-9-17(22-19(16)25)15-6-3-2-4-7-15/h2-4,6-9,11,13H,5,10,12H2,1H3,(H,21,24)(H,22,25). The molecule has 128 valence electrons. The number of aromatic amines is 1. The second kappa shape index (κ2) is 7.61. The zero-order valence-electron chi connectivity index (χ0n) is 14.0. The predicted octanol–water partition coefficient (Wildman–Crippen LogP) is 2.37. The van der Waals surface area contributed by atoms with Crippen LogP contribution in [0.4, 0.5) is 0 Å². The molecule has 0 radical (unpaired) electrons. The molecule has 1 amide bonds. The van der Waals surface area contributed by atoms with Crippen LogP contribution in [0.1, 0.15) is 22.6 Å². The highest BCUT2D eigenvalue weighted by Gasteiger charge is 2.11. The molecule has 2 aromatic heterocycles. The largest absolute Gasteiger partial charge is 0.352 e. The molecule has 0 saturated heterocycles. The van der Waals surface area contributed by atoms with E-state index >= 15 is 0 Å². The number of aromatic nitrogens is 3. The third-order valence-electron chi connectivity index (χ3n) is 4.02. The third-order valence-corrected chi connectivity index (χ3v) is 4.02. The molecule has 0 aliphatic rings. The summed E-state index contributed by atoms with van der Waals surface area (Å²) in [7, 11) is 0. The lowest BCUT2D eigenvalue weighted by atomic mass is 10.1. The zero-order valence-corrected chi connectivity index (χ0v) is 14.0.